The van der Waals surface area contributed by atoms with E-state index in [0.29, 0.717) is 12.3 Å². The summed E-state index contributed by atoms with van der Waals surface area (Å²) in [6, 6.07) is 7.34. The molecule has 0 radical (unpaired) electrons. The Morgan fingerprint density at radius 3 is 3.00 bits per heavy atom. The molecule has 0 atom stereocenters. The largest absolute Gasteiger partial charge is 0.497 e. The number of aromatic nitrogens is 3. The average molecular weight is 312 g/mol. The average Bonchev–Trinajstić information content (AvgIpc) is 2.70. The Bertz CT molecular complexity index is 583. The Kier molecular flexibility index (Phi) is 3.61. The molecule has 18 heavy (non-hydrogen) atoms. The number of methoxy groups -OCH3 is 1. The summed E-state index contributed by atoms with van der Waals surface area (Å²) < 4.78 is 6.65. The van der Waals surface area contributed by atoms with E-state index in [0.717, 1.165) is 5.56 Å². The number of nitrogens with zero attached hydrogens (tertiary/aromatic N) is 3. The molecule has 0 aliphatic rings. The summed E-state index contributed by atoms with van der Waals surface area (Å²) in [6.45, 7) is 0.317. The number of halogens is 1. The van der Waals surface area contributed by atoms with Crippen molar-refractivity contribution in [2.45, 2.75) is 6.54 Å². The summed E-state index contributed by atoms with van der Waals surface area (Å²) in [5, 5.41) is 16.5. The second kappa shape index (κ2) is 5.18. The van der Waals surface area contributed by atoms with Crippen molar-refractivity contribution in [3.05, 3.63) is 40.1 Å². The summed E-state index contributed by atoms with van der Waals surface area (Å²) in [7, 11) is 1.58. The summed E-state index contributed by atoms with van der Waals surface area (Å²) in [4.78, 5) is 11.1. The summed E-state index contributed by atoms with van der Waals surface area (Å²) in [5.41, 5.74) is 0.909. The lowest BCUT2D eigenvalue weighted by molar-refractivity contribution is 0.0683. The van der Waals surface area contributed by atoms with Gasteiger partial charge in [0.15, 0.2) is 10.3 Å². The molecule has 0 aliphatic heterocycles. The van der Waals surface area contributed by atoms with Crippen LogP contribution in [0.2, 0.25) is 0 Å². The minimum atomic E-state index is -1.07. The number of carboxylic acid groups (broad SMARTS) is 1. The van der Waals surface area contributed by atoms with Crippen LogP contribution in [-0.2, 0) is 6.54 Å². The summed E-state index contributed by atoms with van der Waals surface area (Å²) in [5.74, 6) is -0.363. The topological polar surface area (TPSA) is 77.2 Å². The lowest BCUT2D eigenvalue weighted by Gasteiger charge is -2.05. The molecule has 0 saturated carbocycles. The quantitative estimate of drug-likeness (QED) is 0.931. The monoisotopic (exact) mass is 311 g/mol. The molecule has 0 bridgehead atoms. The zero-order valence-electron chi connectivity index (χ0n) is 9.50. The van der Waals surface area contributed by atoms with Crippen LogP contribution in [0.25, 0.3) is 0 Å². The second-order valence-electron chi connectivity index (χ2n) is 3.54. The van der Waals surface area contributed by atoms with Crippen LogP contribution in [0, 0.1) is 0 Å². The van der Waals surface area contributed by atoms with Gasteiger partial charge in [-0.2, -0.15) is 0 Å². The summed E-state index contributed by atoms with van der Waals surface area (Å²) >= 11 is 3.06. The summed E-state index contributed by atoms with van der Waals surface area (Å²) in [6.07, 6.45) is 0. The lowest BCUT2D eigenvalue weighted by Crippen LogP contribution is -2.11. The first kappa shape index (κ1) is 12.6. The number of hydrogen-bond donors (Lipinski definition) is 1. The maximum Gasteiger partial charge on any atom is 0.357 e. The van der Waals surface area contributed by atoms with E-state index in [-0.39, 0.29) is 10.3 Å². The molecular weight excluding hydrogens is 302 g/mol. The van der Waals surface area contributed by atoms with Gasteiger partial charge in [-0.1, -0.05) is 17.3 Å². The number of carbonyl (C=O) groups is 1. The molecular formula is C11H10BrN3O3. The van der Waals surface area contributed by atoms with Crippen LogP contribution < -0.4 is 4.74 Å². The molecule has 0 amide bonds. The van der Waals surface area contributed by atoms with Gasteiger partial charge >= 0.3 is 5.97 Å². The van der Waals surface area contributed by atoms with E-state index in [1.807, 2.05) is 24.3 Å². The fourth-order valence-corrected chi connectivity index (χ4v) is 1.99. The van der Waals surface area contributed by atoms with E-state index in [1.165, 1.54) is 4.68 Å². The van der Waals surface area contributed by atoms with Gasteiger partial charge in [0, 0.05) is 0 Å². The van der Waals surface area contributed by atoms with Crippen molar-refractivity contribution in [2.75, 3.05) is 7.11 Å². The van der Waals surface area contributed by atoms with E-state index >= 15 is 0 Å². The highest BCUT2D eigenvalue weighted by Gasteiger charge is 2.17. The standard InChI is InChI=1S/C11H10BrN3O3/c1-18-8-4-2-3-7(5-8)6-15-9(11(16)17)10(12)13-14-15/h2-5H,6H2,1H3,(H,16,17). The molecule has 0 aliphatic carbocycles. The zero-order chi connectivity index (χ0) is 13.1. The Labute approximate surface area is 111 Å². The van der Waals surface area contributed by atoms with Crippen molar-refractivity contribution in [2.24, 2.45) is 0 Å². The van der Waals surface area contributed by atoms with Gasteiger partial charge in [-0.3, -0.25) is 0 Å². The maximum atomic E-state index is 11.1. The molecule has 1 heterocycles. The van der Waals surface area contributed by atoms with Crippen molar-refractivity contribution in [3.8, 4) is 5.75 Å². The molecule has 1 N–H and O–H groups in total. The van der Waals surface area contributed by atoms with Crippen molar-refractivity contribution < 1.29 is 14.6 Å². The van der Waals surface area contributed by atoms with Gasteiger partial charge in [0.05, 0.1) is 13.7 Å². The minimum Gasteiger partial charge on any atom is -0.497 e. The molecule has 0 unspecified atom stereocenters. The van der Waals surface area contributed by atoms with Gasteiger partial charge < -0.3 is 9.84 Å². The van der Waals surface area contributed by atoms with Gasteiger partial charge in [-0.25, -0.2) is 9.48 Å². The maximum absolute atomic E-state index is 11.1. The molecule has 6 nitrogen and oxygen atoms in total. The highest BCUT2D eigenvalue weighted by Crippen LogP contribution is 2.17. The molecule has 0 saturated heterocycles. The number of carboxylic acids is 1. The van der Waals surface area contributed by atoms with Crippen LogP contribution in [0.15, 0.2) is 28.9 Å². The molecule has 7 heteroatoms. The molecule has 2 rings (SSSR count). The third-order valence-corrected chi connectivity index (χ3v) is 2.90. The fraction of sp³-hybridized carbons (Fsp3) is 0.182. The van der Waals surface area contributed by atoms with Gasteiger partial charge in [-0.05, 0) is 33.6 Å². The van der Waals surface area contributed by atoms with Crippen LogP contribution in [0.3, 0.4) is 0 Å². The first-order chi connectivity index (χ1) is 8.61. The van der Waals surface area contributed by atoms with Crippen molar-refractivity contribution in [1.29, 1.82) is 0 Å². The SMILES string of the molecule is COc1cccc(Cn2nnc(Br)c2C(=O)O)c1. The van der Waals surface area contributed by atoms with Crippen molar-refractivity contribution in [3.63, 3.8) is 0 Å². The van der Waals surface area contributed by atoms with Crippen LogP contribution in [-0.4, -0.2) is 33.2 Å². The highest BCUT2D eigenvalue weighted by atomic mass is 79.9. The second-order valence-corrected chi connectivity index (χ2v) is 4.29. The van der Waals surface area contributed by atoms with Gasteiger partial charge in [-0.15, -0.1) is 5.10 Å². The number of ether oxygens (including phenoxy) is 1. The first-order valence-electron chi connectivity index (χ1n) is 5.07. The number of hydrogen-bond acceptors (Lipinski definition) is 4. The van der Waals surface area contributed by atoms with E-state index in [9.17, 15) is 4.79 Å². The number of benzene rings is 1. The zero-order valence-corrected chi connectivity index (χ0v) is 11.1. The van der Waals surface area contributed by atoms with Gasteiger partial charge in [0.25, 0.3) is 0 Å². The molecule has 1 aromatic heterocycles. The molecule has 2 aromatic rings. The smallest absolute Gasteiger partial charge is 0.357 e. The van der Waals surface area contributed by atoms with Gasteiger partial charge in [0.1, 0.15) is 5.75 Å². The Morgan fingerprint density at radius 2 is 2.33 bits per heavy atom. The van der Waals surface area contributed by atoms with E-state index in [2.05, 4.69) is 26.2 Å². The lowest BCUT2D eigenvalue weighted by atomic mass is 10.2. The highest BCUT2D eigenvalue weighted by molar-refractivity contribution is 9.10. The van der Waals surface area contributed by atoms with E-state index in [1.54, 1.807) is 7.11 Å². The molecule has 0 fully saturated rings. The normalized spacial score (nSPS) is 10.3. The van der Waals surface area contributed by atoms with Crippen molar-refractivity contribution in [1.82, 2.24) is 15.0 Å². The third kappa shape index (κ3) is 2.51. The van der Waals surface area contributed by atoms with Gasteiger partial charge in [0.2, 0.25) is 0 Å². The van der Waals surface area contributed by atoms with Crippen LogP contribution >= 0.6 is 15.9 Å². The van der Waals surface area contributed by atoms with E-state index in [4.69, 9.17) is 9.84 Å². The minimum absolute atomic E-state index is 0.0258. The predicted molar refractivity (Wildman–Crippen MR) is 66.8 cm³/mol. The van der Waals surface area contributed by atoms with Crippen LogP contribution in [0.5, 0.6) is 5.75 Å². The van der Waals surface area contributed by atoms with Crippen LogP contribution in [0.1, 0.15) is 16.1 Å². The third-order valence-electron chi connectivity index (χ3n) is 2.36. The van der Waals surface area contributed by atoms with Crippen molar-refractivity contribution >= 4 is 21.9 Å². The predicted octanol–water partition coefficient (Wildman–Crippen LogP) is 1.80. The number of aromatic carboxylic acids is 1. The first-order valence-corrected chi connectivity index (χ1v) is 5.86. The Morgan fingerprint density at radius 1 is 1.56 bits per heavy atom. The molecule has 94 valence electrons. The Hall–Kier alpha value is -1.89. The van der Waals surface area contributed by atoms with E-state index < -0.39 is 5.97 Å². The van der Waals surface area contributed by atoms with Crippen LogP contribution in [0.4, 0.5) is 0 Å². The Balaban J connectivity index is 2.31. The molecule has 1 aromatic carbocycles. The number of rotatable bonds is 4. The molecule has 0 spiro atoms. The fourth-order valence-electron chi connectivity index (χ4n) is 1.54.